The van der Waals surface area contributed by atoms with Crippen molar-refractivity contribution in [1.82, 2.24) is 9.89 Å². The maximum Gasteiger partial charge on any atom is 0.255 e. The normalized spacial score (nSPS) is 12.3. The molecule has 7 heteroatoms. The standard InChI is InChI=1S/C31H26N4O3/c1-21-7-5-8-23(17-21)31(36)32-24-9-6-10-25(19-24)34(2)35-28-12-4-3-11-26(28)27(33-35)15-13-22-14-16-29-30(18-22)38-20-37-29/h3-19H,20H2,1-2H3,(H,32,36). The minimum atomic E-state index is -0.144. The van der Waals surface area contributed by atoms with Gasteiger partial charge < -0.3 is 14.8 Å². The van der Waals surface area contributed by atoms with Gasteiger partial charge in [0.05, 0.1) is 16.9 Å². The number of fused-ring (bicyclic) bond motifs is 2. The van der Waals surface area contributed by atoms with Gasteiger partial charge in [-0.3, -0.25) is 9.80 Å². The number of ether oxygens (including phenoxy) is 2. The number of carbonyl (C=O) groups excluding carboxylic acids is 1. The van der Waals surface area contributed by atoms with E-state index in [1.807, 2.05) is 121 Å². The lowest BCUT2D eigenvalue weighted by Gasteiger charge is -2.21. The summed E-state index contributed by atoms with van der Waals surface area (Å²) in [5.74, 6) is 1.36. The Morgan fingerprint density at radius 2 is 1.76 bits per heavy atom. The van der Waals surface area contributed by atoms with Crippen molar-refractivity contribution in [2.24, 2.45) is 0 Å². The first-order valence-corrected chi connectivity index (χ1v) is 12.3. The van der Waals surface area contributed by atoms with Crippen LogP contribution < -0.4 is 19.8 Å². The lowest BCUT2D eigenvalue weighted by Crippen LogP contribution is -2.26. The number of hydrogen-bond acceptors (Lipinski definition) is 5. The van der Waals surface area contributed by atoms with Crippen molar-refractivity contribution >= 4 is 40.3 Å². The van der Waals surface area contributed by atoms with Crippen LogP contribution in [0.1, 0.15) is 27.2 Å². The third-order valence-corrected chi connectivity index (χ3v) is 6.47. The molecule has 1 aliphatic rings. The molecule has 1 aliphatic heterocycles. The van der Waals surface area contributed by atoms with Crippen molar-refractivity contribution in [3.63, 3.8) is 0 Å². The van der Waals surface area contributed by atoms with Gasteiger partial charge in [0.2, 0.25) is 6.79 Å². The van der Waals surface area contributed by atoms with E-state index < -0.39 is 0 Å². The van der Waals surface area contributed by atoms with Gasteiger partial charge in [0.1, 0.15) is 0 Å². The average molecular weight is 503 g/mol. The molecule has 0 bridgehead atoms. The van der Waals surface area contributed by atoms with Crippen LogP contribution >= 0.6 is 0 Å². The number of para-hydroxylation sites is 1. The van der Waals surface area contributed by atoms with Crippen LogP contribution in [-0.2, 0) is 0 Å². The zero-order chi connectivity index (χ0) is 26.1. The molecule has 0 saturated carbocycles. The Balaban J connectivity index is 1.28. The fourth-order valence-corrected chi connectivity index (χ4v) is 4.50. The van der Waals surface area contributed by atoms with E-state index in [0.29, 0.717) is 11.3 Å². The van der Waals surface area contributed by atoms with Crippen molar-refractivity contribution in [2.45, 2.75) is 6.92 Å². The molecule has 0 aliphatic carbocycles. The second-order valence-electron chi connectivity index (χ2n) is 9.14. The van der Waals surface area contributed by atoms with Crippen molar-refractivity contribution in [2.75, 3.05) is 24.2 Å². The van der Waals surface area contributed by atoms with Crippen LogP contribution in [0.4, 0.5) is 11.4 Å². The number of hydrogen-bond donors (Lipinski definition) is 1. The number of amides is 1. The first kappa shape index (κ1) is 23.4. The third kappa shape index (κ3) is 4.57. The fourth-order valence-electron chi connectivity index (χ4n) is 4.50. The van der Waals surface area contributed by atoms with Gasteiger partial charge >= 0.3 is 0 Å². The third-order valence-electron chi connectivity index (χ3n) is 6.47. The number of nitrogens with zero attached hydrogens (tertiary/aromatic N) is 3. The van der Waals surface area contributed by atoms with E-state index in [-0.39, 0.29) is 12.7 Å². The van der Waals surface area contributed by atoms with Gasteiger partial charge in [0.15, 0.2) is 11.5 Å². The molecule has 38 heavy (non-hydrogen) atoms. The Morgan fingerprint density at radius 3 is 2.66 bits per heavy atom. The highest BCUT2D eigenvalue weighted by Gasteiger charge is 2.15. The first-order valence-electron chi connectivity index (χ1n) is 12.3. The van der Waals surface area contributed by atoms with E-state index in [1.54, 1.807) is 0 Å². The van der Waals surface area contributed by atoms with E-state index in [0.717, 1.165) is 44.9 Å². The number of rotatable bonds is 6. The Hall–Kier alpha value is -5.04. The number of benzene rings is 4. The molecule has 0 atom stereocenters. The van der Waals surface area contributed by atoms with Crippen LogP contribution in [-0.4, -0.2) is 29.6 Å². The summed E-state index contributed by atoms with van der Waals surface area (Å²) in [7, 11) is 1.95. The average Bonchev–Trinajstić information content (AvgIpc) is 3.56. The van der Waals surface area contributed by atoms with E-state index in [2.05, 4.69) is 11.4 Å². The zero-order valence-corrected chi connectivity index (χ0v) is 21.1. The van der Waals surface area contributed by atoms with E-state index in [1.165, 1.54) is 0 Å². The smallest absolute Gasteiger partial charge is 0.255 e. The topological polar surface area (TPSA) is 68.6 Å². The molecule has 2 heterocycles. The molecule has 4 aromatic carbocycles. The maximum atomic E-state index is 12.8. The maximum absolute atomic E-state index is 12.8. The van der Waals surface area contributed by atoms with Crippen LogP contribution in [0.15, 0.2) is 91.0 Å². The quantitative estimate of drug-likeness (QED) is 0.291. The molecule has 5 aromatic rings. The Kier molecular flexibility index (Phi) is 6.01. The molecule has 1 aromatic heterocycles. The summed E-state index contributed by atoms with van der Waals surface area (Å²) < 4.78 is 10.9. The van der Waals surface area contributed by atoms with Crippen LogP contribution in [0.5, 0.6) is 11.5 Å². The molecule has 1 amide bonds. The highest BCUT2D eigenvalue weighted by Crippen LogP contribution is 2.33. The monoisotopic (exact) mass is 502 g/mol. The summed E-state index contributed by atoms with van der Waals surface area (Å²) in [6.07, 6.45) is 4.02. The molecule has 0 unspecified atom stereocenters. The Morgan fingerprint density at radius 1 is 0.921 bits per heavy atom. The Labute approximate surface area is 220 Å². The van der Waals surface area contributed by atoms with Gasteiger partial charge in [-0.25, -0.2) is 0 Å². The van der Waals surface area contributed by atoms with Crippen LogP contribution in [0.3, 0.4) is 0 Å². The molecule has 0 saturated heterocycles. The van der Waals surface area contributed by atoms with E-state index in [4.69, 9.17) is 14.6 Å². The SMILES string of the molecule is Cc1cccc(C(=O)Nc2cccc(N(C)n3nc(C=Cc4ccc5c(c4)OCO5)c4ccccc43)c2)c1. The molecule has 0 spiro atoms. The van der Waals surface area contributed by atoms with Crippen LogP contribution in [0.25, 0.3) is 23.1 Å². The van der Waals surface area contributed by atoms with Gasteiger partial charge in [-0.2, -0.15) is 9.89 Å². The van der Waals surface area contributed by atoms with Crippen molar-refractivity contribution in [3.05, 3.63) is 113 Å². The van der Waals surface area contributed by atoms with Gasteiger partial charge in [0.25, 0.3) is 5.91 Å². The van der Waals surface area contributed by atoms with Crippen molar-refractivity contribution in [3.8, 4) is 11.5 Å². The molecule has 6 rings (SSSR count). The minimum absolute atomic E-state index is 0.144. The molecule has 0 radical (unpaired) electrons. The summed E-state index contributed by atoms with van der Waals surface area (Å²) in [6.45, 7) is 2.22. The van der Waals surface area contributed by atoms with Gasteiger partial charge in [0, 0.05) is 23.7 Å². The summed E-state index contributed by atoms with van der Waals surface area (Å²) in [4.78, 5) is 14.7. The summed E-state index contributed by atoms with van der Waals surface area (Å²) in [5, 5.41) is 10.9. The number of aryl methyl sites for hydroxylation is 1. The predicted molar refractivity (Wildman–Crippen MR) is 151 cm³/mol. The predicted octanol–water partition coefficient (Wildman–Crippen LogP) is 6.40. The second-order valence-corrected chi connectivity index (χ2v) is 9.14. The largest absolute Gasteiger partial charge is 0.454 e. The summed E-state index contributed by atoms with van der Waals surface area (Å²) in [6, 6.07) is 29.2. The van der Waals surface area contributed by atoms with E-state index >= 15 is 0 Å². The highest BCUT2D eigenvalue weighted by atomic mass is 16.7. The molecular formula is C31H26N4O3. The van der Waals surface area contributed by atoms with Gasteiger partial charge in [-0.1, -0.05) is 54.1 Å². The lowest BCUT2D eigenvalue weighted by atomic mass is 10.1. The second kappa shape index (κ2) is 9.78. The number of nitrogens with one attached hydrogen (secondary N) is 1. The summed E-state index contributed by atoms with van der Waals surface area (Å²) in [5.41, 5.74) is 6.06. The molecular weight excluding hydrogens is 476 g/mol. The number of aromatic nitrogens is 2. The Bertz CT molecular complexity index is 1690. The molecule has 0 fully saturated rings. The van der Waals surface area contributed by atoms with E-state index in [9.17, 15) is 4.79 Å². The highest BCUT2D eigenvalue weighted by molar-refractivity contribution is 6.04. The molecule has 7 nitrogen and oxygen atoms in total. The number of anilines is 2. The van der Waals surface area contributed by atoms with Crippen molar-refractivity contribution in [1.29, 1.82) is 0 Å². The first-order chi connectivity index (χ1) is 18.5. The zero-order valence-electron chi connectivity index (χ0n) is 21.1. The summed E-state index contributed by atoms with van der Waals surface area (Å²) >= 11 is 0. The van der Waals surface area contributed by atoms with Crippen molar-refractivity contribution < 1.29 is 14.3 Å². The fraction of sp³-hybridized carbons (Fsp3) is 0.0968. The van der Waals surface area contributed by atoms with Crippen LogP contribution in [0.2, 0.25) is 0 Å². The molecule has 188 valence electrons. The number of carbonyl (C=O) groups is 1. The van der Waals surface area contributed by atoms with Gasteiger partial charge in [-0.15, -0.1) is 0 Å². The lowest BCUT2D eigenvalue weighted by molar-refractivity contribution is 0.102. The minimum Gasteiger partial charge on any atom is -0.454 e. The van der Waals surface area contributed by atoms with Crippen LogP contribution in [0, 0.1) is 6.92 Å². The molecule has 1 N–H and O–H groups in total. The van der Waals surface area contributed by atoms with Gasteiger partial charge in [-0.05, 0) is 67.1 Å².